The molecule has 0 bridgehead atoms. The van der Waals surface area contributed by atoms with Gasteiger partial charge in [-0.05, 0) is 80.1 Å². The largest absolute Gasteiger partial charge is 0.389 e. The minimum atomic E-state index is -0.584. The highest BCUT2D eigenvalue weighted by molar-refractivity contribution is 5.98. The van der Waals surface area contributed by atoms with E-state index in [4.69, 9.17) is 0 Å². The highest BCUT2D eigenvalue weighted by atomic mass is 16.3. The van der Waals surface area contributed by atoms with E-state index in [2.05, 4.69) is 19.1 Å². The molecule has 4 aliphatic carbocycles. The number of ketones is 1. The quantitative estimate of drug-likeness (QED) is 0.730. The number of hydrogen-bond acceptors (Lipinski definition) is 2. The normalized spacial score (nSPS) is 44.1. The van der Waals surface area contributed by atoms with E-state index in [1.807, 2.05) is 13.8 Å². The minimum absolute atomic E-state index is 0.0948. The van der Waals surface area contributed by atoms with Crippen molar-refractivity contribution >= 4 is 5.78 Å². The van der Waals surface area contributed by atoms with Crippen molar-refractivity contribution in [3.8, 4) is 0 Å². The summed E-state index contributed by atoms with van der Waals surface area (Å²) in [6.45, 7) is 6.26. The molecule has 4 rings (SSSR count). The second-order valence-corrected chi connectivity index (χ2v) is 8.14. The van der Waals surface area contributed by atoms with Crippen LogP contribution in [-0.2, 0) is 4.79 Å². The Hall–Kier alpha value is -1.15. The van der Waals surface area contributed by atoms with E-state index in [0.29, 0.717) is 24.0 Å². The monoisotopic (exact) mass is 298 g/mol. The molecule has 118 valence electrons. The molecule has 1 fully saturated rings. The van der Waals surface area contributed by atoms with Gasteiger partial charge in [0.2, 0.25) is 0 Å². The number of rotatable bonds is 0. The molecule has 0 saturated heterocycles. The van der Waals surface area contributed by atoms with Gasteiger partial charge in [0.1, 0.15) is 0 Å². The summed E-state index contributed by atoms with van der Waals surface area (Å²) in [5.74, 6) is 1.46. The van der Waals surface area contributed by atoms with Crippen molar-refractivity contribution in [3.05, 3.63) is 34.4 Å². The molecule has 0 aromatic heterocycles. The molecular formula is C20H26O2. The number of carbonyl (C=O) groups is 1. The molecule has 0 aliphatic heterocycles. The Morgan fingerprint density at radius 3 is 2.68 bits per heavy atom. The van der Waals surface area contributed by atoms with Crippen LogP contribution < -0.4 is 0 Å². The summed E-state index contributed by atoms with van der Waals surface area (Å²) in [5, 5.41) is 10.8. The Balaban J connectivity index is 1.85. The van der Waals surface area contributed by atoms with Crippen molar-refractivity contribution in [2.45, 2.75) is 64.9 Å². The first-order valence-corrected chi connectivity index (χ1v) is 8.73. The number of Topliss-reactive ketones (excluding diaryl/α,β-unsaturated/α-hetero) is 1. The summed E-state index contributed by atoms with van der Waals surface area (Å²) in [4.78, 5) is 12.0. The van der Waals surface area contributed by atoms with Gasteiger partial charge >= 0.3 is 0 Å². The van der Waals surface area contributed by atoms with E-state index in [1.165, 1.54) is 16.7 Å². The summed E-state index contributed by atoms with van der Waals surface area (Å²) < 4.78 is 0. The molecule has 0 aromatic rings. The van der Waals surface area contributed by atoms with Crippen molar-refractivity contribution in [3.63, 3.8) is 0 Å². The maximum absolute atomic E-state index is 12.0. The van der Waals surface area contributed by atoms with Gasteiger partial charge in [-0.3, -0.25) is 4.79 Å². The number of fused-ring (bicyclic) bond motifs is 4. The topological polar surface area (TPSA) is 37.3 Å². The third kappa shape index (κ3) is 1.68. The SMILES string of the molecule is CC1=C2CCC3C(=C2CCC1=O)C=CC1(C)C3CC[C@]1(C)O. The van der Waals surface area contributed by atoms with Crippen molar-refractivity contribution in [2.75, 3.05) is 0 Å². The van der Waals surface area contributed by atoms with E-state index in [-0.39, 0.29) is 5.41 Å². The Morgan fingerprint density at radius 1 is 1.14 bits per heavy atom. The van der Waals surface area contributed by atoms with Crippen LogP contribution in [0.2, 0.25) is 0 Å². The smallest absolute Gasteiger partial charge is 0.159 e. The summed E-state index contributed by atoms with van der Waals surface area (Å²) in [5.41, 5.74) is 4.60. The first kappa shape index (κ1) is 14.4. The fourth-order valence-corrected chi connectivity index (χ4v) is 5.54. The van der Waals surface area contributed by atoms with Crippen LogP contribution in [0.5, 0.6) is 0 Å². The lowest BCUT2D eigenvalue weighted by Gasteiger charge is -2.47. The molecule has 22 heavy (non-hydrogen) atoms. The maximum atomic E-state index is 12.0. The summed E-state index contributed by atoms with van der Waals surface area (Å²) >= 11 is 0. The highest BCUT2D eigenvalue weighted by Gasteiger charge is 2.56. The van der Waals surface area contributed by atoms with E-state index in [9.17, 15) is 9.90 Å². The molecule has 0 radical (unpaired) electrons. The number of aliphatic hydroxyl groups is 1. The lowest BCUT2D eigenvalue weighted by Crippen LogP contribution is -2.45. The van der Waals surface area contributed by atoms with Crippen molar-refractivity contribution < 1.29 is 9.90 Å². The van der Waals surface area contributed by atoms with E-state index in [0.717, 1.165) is 37.7 Å². The molecule has 0 heterocycles. The minimum Gasteiger partial charge on any atom is -0.389 e. The predicted molar refractivity (Wildman–Crippen MR) is 87.3 cm³/mol. The fraction of sp³-hybridized carbons (Fsp3) is 0.650. The van der Waals surface area contributed by atoms with Crippen molar-refractivity contribution in [2.24, 2.45) is 17.3 Å². The van der Waals surface area contributed by atoms with Crippen LogP contribution >= 0.6 is 0 Å². The van der Waals surface area contributed by atoms with Gasteiger partial charge in [-0.2, -0.15) is 0 Å². The van der Waals surface area contributed by atoms with Gasteiger partial charge in [-0.25, -0.2) is 0 Å². The van der Waals surface area contributed by atoms with Crippen LogP contribution in [0.1, 0.15) is 59.3 Å². The van der Waals surface area contributed by atoms with Crippen molar-refractivity contribution in [1.29, 1.82) is 0 Å². The standard InChI is InChI=1S/C20H26O2/c1-12-13-4-5-16-15(14(13)6-7-18(12)21)8-10-19(2)17(16)9-11-20(19,3)22/h8,10,16-17,22H,4-7,9,11H2,1-3H3/t16?,17?,19?,20-/m0/s1. The highest BCUT2D eigenvalue weighted by Crippen LogP contribution is 2.60. The molecule has 1 N–H and O–H groups in total. The van der Waals surface area contributed by atoms with Gasteiger partial charge in [-0.15, -0.1) is 0 Å². The Bertz CT molecular complexity index is 647. The molecular weight excluding hydrogens is 272 g/mol. The molecule has 0 amide bonds. The van der Waals surface area contributed by atoms with Gasteiger partial charge in [0.15, 0.2) is 5.78 Å². The summed E-state index contributed by atoms with van der Waals surface area (Å²) in [6, 6.07) is 0. The van der Waals surface area contributed by atoms with Crippen LogP contribution in [0.15, 0.2) is 34.4 Å². The first-order valence-electron chi connectivity index (χ1n) is 8.73. The van der Waals surface area contributed by atoms with Crippen LogP contribution in [0.25, 0.3) is 0 Å². The third-order valence-corrected chi connectivity index (χ3v) is 7.26. The van der Waals surface area contributed by atoms with E-state index in [1.54, 1.807) is 0 Å². The second-order valence-electron chi connectivity index (χ2n) is 8.14. The Labute approximate surface area is 133 Å². The van der Waals surface area contributed by atoms with Crippen molar-refractivity contribution in [1.82, 2.24) is 0 Å². The average molecular weight is 298 g/mol. The Kier molecular flexibility index (Phi) is 2.92. The van der Waals surface area contributed by atoms with Gasteiger partial charge in [0.25, 0.3) is 0 Å². The molecule has 1 saturated carbocycles. The average Bonchev–Trinajstić information content (AvgIpc) is 2.73. The molecule has 0 spiro atoms. The molecule has 3 unspecified atom stereocenters. The number of hydrogen-bond donors (Lipinski definition) is 1. The zero-order valence-corrected chi connectivity index (χ0v) is 13.9. The summed E-state index contributed by atoms with van der Waals surface area (Å²) in [7, 11) is 0. The Morgan fingerprint density at radius 2 is 1.91 bits per heavy atom. The van der Waals surface area contributed by atoms with Gasteiger partial charge in [0.05, 0.1) is 5.60 Å². The molecule has 2 nitrogen and oxygen atoms in total. The lowest BCUT2D eigenvalue weighted by atomic mass is 9.58. The van der Waals surface area contributed by atoms with E-state index >= 15 is 0 Å². The van der Waals surface area contributed by atoms with Crippen LogP contribution in [0, 0.1) is 17.3 Å². The van der Waals surface area contributed by atoms with Crippen LogP contribution in [0.3, 0.4) is 0 Å². The number of carbonyl (C=O) groups excluding carboxylic acids is 1. The fourth-order valence-electron chi connectivity index (χ4n) is 5.54. The first-order chi connectivity index (χ1) is 10.3. The third-order valence-electron chi connectivity index (χ3n) is 7.26. The molecule has 4 atom stereocenters. The zero-order valence-electron chi connectivity index (χ0n) is 13.9. The zero-order chi connectivity index (χ0) is 15.7. The van der Waals surface area contributed by atoms with Crippen LogP contribution in [0.4, 0.5) is 0 Å². The number of allylic oxidation sites excluding steroid dienone is 5. The maximum Gasteiger partial charge on any atom is 0.159 e. The summed E-state index contributed by atoms with van der Waals surface area (Å²) in [6.07, 6.45) is 10.4. The molecule has 0 aromatic carbocycles. The van der Waals surface area contributed by atoms with E-state index < -0.39 is 5.60 Å². The van der Waals surface area contributed by atoms with Crippen LogP contribution in [-0.4, -0.2) is 16.5 Å². The van der Waals surface area contributed by atoms with Gasteiger partial charge in [0, 0.05) is 11.8 Å². The van der Waals surface area contributed by atoms with Gasteiger partial charge in [-0.1, -0.05) is 19.1 Å². The predicted octanol–water partition coefficient (Wildman–Crippen LogP) is 4.11. The molecule has 2 heteroatoms. The molecule has 4 aliphatic rings. The second kappa shape index (κ2) is 4.44. The lowest BCUT2D eigenvalue weighted by molar-refractivity contribution is -0.115. The van der Waals surface area contributed by atoms with Gasteiger partial charge < -0.3 is 5.11 Å².